The number of aromatic nitrogens is 2. The van der Waals surface area contributed by atoms with Gasteiger partial charge in [0.25, 0.3) is 0 Å². The van der Waals surface area contributed by atoms with Gasteiger partial charge in [-0.25, -0.2) is 9.97 Å². The van der Waals surface area contributed by atoms with Crippen LogP contribution in [0.1, 0.15) is 31.4 Å². The van der Waals surface area contributed by atoms with Crippen molar-refractivity contribution in [1.29, 1.82) is 0 Å². The number of benzene rings is 1. The molecule has 2 N–H and O–H groups in total. The van der Waals surface area contributed by atoms with Crippen LogP contribution in [0.3, 0.4) is 0 Å². The highest BCUT2D eigenvalue weighted by molar-refractivity contribution is 8.16. The van der Waals surface area contributed by atoms with Gasteiger partial charge in [-0.15, -0.1) is 22.7 Å². The fourth-order valence-electron chi connectivity index (χ4n) is 2.73. The number of oxime groups is 1. The summed E-state index contributed by atoms with van der Waals surface area (Å²) in [6, 6.07) is 7.80. The second-order valence-electron chi connectivity index (χ2n) is 5.86. The van der Waals surface area contributed by atoms with Gasteiger partial charge in [-0.2, -0.15) is 0 Å². The van der Waals surface area contributed by atoms with Gasteiger partial charge in [-0.1, -0.05) is 17.3 Å². The summed E-state index contributed by atoms with van der Waals surface area (Å²) in [6.45, 7) is 0. The lowest BCUT2D eigenvalue weighted by molar-refractivity contribution is -0.105. The van der Waals surface area contributed by atoms with Gasteiger partial charge in [0.05, 0.1) is 10.2 Å². The summed E-state index contributed by atoms with van der Waals surface area (Å²) in [5.74, 6) is 0. The number of carbonyl (C=O) groups excluding carboxylic acids is 1. The van der Waals surface area contributed by atoms with Crippen LogP contribution in [0.4, 0.5) is 5.13 Å². The number of hydrogen-bond acceptors (Lipinski definition) is 9. The molecule has 0 unspecified atom stereocenters. The first-order valence-electron chi connectivity index (χ1n) is 8.22. The van der Waals surface area contributed by atoms with E-state index in [-0.39, 0.29) is 16.9 Å². The summed E-state index contributed by atoms with van der Waals surface area (Å²) in [4.78, 5) is 27.1. The lowest BCUT2D eigenvalue weighted by Crippen LogP contribution is -2.15. The summed E-state index contributed by atoms with van der Waals surface area (Å²) < 4.78 is 1.72. The molecule has 0 amide bonds. The summed E-state index contributed by atoms with van der Waals surface area (Å²) in [5.41, 5.74) is 7.24. The molecule has 1 aliphatic rings. The minimum absolute atomic E-state index is 0.0706. The zero-order chi connectivity index (χ0) is 17.9. The van der Waals surface area contributed by atoms with Crippen molar-refractivity contribution in [2.75, 3.05) is 5.73 Å². The normalized spacial score (nSPS) is 15.6. The van der Waals surface area contributed by atoms with Crippen molar-refractivity contribution < 1.29 is 9.63 Å². The number of thioether (sulfide) groups is 1. The maximum Gasteiger partial charge on any atom is 0.250 e. The van der Waals surface area contributed by atoms with Crippen molar-refractivity contribution in [3.05, 3.63) is 35.3 Å². The first-order chi connectivity index (χ1) is 12.7. The number of thiazole rings is 2. The van der Waals surface area contributed by atoms with Gasteiger partial charge >= 0.3 is 0 Å². The van der Waals surface area contributed by atoms with Crippen LogP contribution >= 0.6 is 34.4 Å². The van der Waals surface area contributed by atoms with E-state index in [0.29, 0.717) is 15.2 Å². The van der Waals surface area contributed by atoms with E-state index in [1.165, 1.54) is 22.7 Å². The average molecular weight is 405 g/mol. The molecule has 0 bridgehead atoms. The summed E-state index contributed by atoms with van der Waals surface area (Å²) in [5, 5.41) is 6.03. The zero-order valence-electron chi connectivity index (χ0n) is 13.8. The molecule has 1 aromatic carbocycles. The smallest absolute Gasteiger partial charge is 0.250 e. The number of para-hydroxylation sites is 1. The molecule has 1 saturated carbocycles. The van der Waals surface area contributed by atoms with Crippen molar-refractivity contribution in [2.45, 2.75) is 36.1 Å². The van der Waals surface area contributed by atoms with E-state index in [4.69, 9.17) is 10.6 Å². The Morgan fingerprint density at radius 3 is 2.81 bits per heavy atom. The first kappa shape index (κ1) is 17.4. The van der Waals surface area contributed by atoms with Gasteiger partial charge in [-0.05, 0) is 49.6 Å². The van der Waals surface area contributed by atoms with Gasteiger partial charge < -0.3 is 10.6 Å². The van der Waals surface area contributed by atoms with Gasteiger partial charge in [0.2, 0.25) is 5.12 Å². The molecule has 2 aromatic heterocycles. The Morgan fingerprint density at radius 2 is 2.08 bits per heavy atom. The van der Waals surface area contributed by atoms with E-state index < -0.39 is 0 Å². The number of hydrogen-bond donors (Lipinski definition) is 1. The van der Waals surface area contributed by atoms with Crippen LogP contribution in [0.5, 0.6) is 0 Å². The molecule has 0 aliphatic heterocycles. The minimum Gasteiger partial charge on any atom is -0.392 e. The highest BCUT2D eigenvalue weighted by Crippen LogP contribution is 2.31. The molecule has 26 heavy (non-hydrogen) atoms. The van der Waals surface area contributed by atoms with Crippen LogP contribution in [-0.4, -0.2) is 26.9 Å². The number of nitrogen functional groups attached to an aromatic ring is 1. The Hall–Kier alpha value is -1.97. The number of nitrogens with zero attached hydrogens (tertiary/aromatic N) is 3. The second kappa shape index (κ2) is 7.73. The molecule has 1 aliphatic carbocycles. The molecule has 3 aromatic rings. The molecule has 134 valence electrons. The zero-order valence-corrected chi connectivity index (χ0v) is 16.2. The molecule has 0 saturated heterocycles. The number of nitrogens with two attached hydrogens (primary N) is 1. The van der Waals surface area contributed by atoms with E-state index in [0.717, 1.165) is 47.7 Å². The Morgan fingerprint density at radius 1 is 1.27 bits per heavy atom. The third kappa shape index (κ3) is 3.89. The fraction of sp³-hybridized carbons (Fsp3) is 0.294. The lowest BCUT2D eigenvalue weighted by atomic mass is 10.3. The Labute approximate surface area is 162 Å². The van der Waals surface area contributed by atoms with Gasteiger partial charge in [0, 0.05) is 5.38 Å². The van der Waals surface area contributed by atoms with Crippen LogP contribution in [0.15, 0.2) is 39.1 Å². The van der Waals surface area contributed by atoms with E-state index in [1.54, 1.807) is 5.38 Å². The molecule has 4 rings (SSSR count). The molecule has 0 atom stereocenters. The quantitative estimate of drug-likeness (QED) is 0.387. The topological polar surface area (TPSA) is 90.5 Å². The fourth-order valence-corrected chi connectivity index (χ4v) is 5.18. The Bertz CT molecular complexity index is 927. The minimum atomic E-state index is -0.243. The van der Waals surface area contributed by atoms with Crippen LogP contribution in [0, 0.1) is 0 Å². The molecular formula is C17H16N4O2S3. The largest absolute Gasteiger partial charge is 0.392 e. The maximum absolute atomic E-state index is 12.8. The molecule has 1 fully saturated rings. The molecule has 6 nitrogen and oxygen atoms in total. The summed E-state index contributed by atoms with van der Waals surface area (Å²) in [6.07, 6.45) is 4.27. The van der Waals surface area contributed by atoms with Crippen LogP contribution in [0.2, 0.25) is 0 Å². The third-order valence-corrected chi connectivity index (χ3v) is 6.66. The van der Waals surface area contributed by atoms with E-state index >= 15 is 0 Å². The molecule has 0 radical (unpaired) electrons. The Kier molecular flexibility index (Phi) is 5.18. The highest BCUT2D eigenvalue weighted by atomic mass is 32.2. The maximum atomic E-state index is 12.8. The molecule has 2 heterocycles. The van der Waals surface area contributed by atoms with Crippen molar-refractivity contribution in [3.63, 3.8) is 0 Å². The number of carbonyl (C=O) groups is 1. The van der Waals surface area contributed by atoms with E-state index in [9.17, 15) is 4.79 Å². The number of rotatable bonds is 5. The van der Waals surface area contributed by atoms with Crippen LogP contribution in [0.25, 0.3) is 10.2 Å². The lowest BCUT2D eigenvalue weighted by Gasteiger charge is -2.08. The predicted molar refractivity (Wildman–Crippen MR) is 107 cm³/mol. The van der Waals surface area contributed by atoms with E-state index in [2.05, 4.69) is 15.1 Å². The molecular weight excluding hydrogens is 388 g/mol. The average Bonchev–Trinajstić information content (AvgIpc) is 3.35. The number of anilines is 1. The van der Waals surface area contributed by atoms with Crippen molar-refractivity contribution >= 4 is 60.6 Å². The SMILES string of the molecule is Nc1nc(C(=NOC2CCCC2)C(=O)Sc2nc3ccccc3s2)cs1. The first-order valence-corrected chi connectivity index (χ1v) is 10.7. The van der Waals surface area contributed by atoms with Crippen molar-refractivity contribution in [1.82, 2.24) is 9.97 Å². The van der Waals surface area contributed by atoms with Crippen molar-refractivity contribution in [3.8, 4) is 0 Å². The van der Waals surface area contributed by atoms with Gasteiger partial charge in [0.1, 0.15) is 11.8 Å². The monoisotopic (exact) mass is 404 g/mol. The predicted octanol–water partition coefficient (Wildman–Crippen LogP) is 4.32. The van der Waals surface area contributed by atoms with Gasteiger partial charge in [0.15, 0.2) is 15.2 Å². The summed E-state index contributed by atoms with van der Waals surface area (Å²) >= 11 is 3.80. The summed E-state index contributed by atoms with van der Waals surface area (Å²) in [7, 11) is 0. The second-order valence-corrected chi connectivity index (χ2v) is 9.00. The molecule has 0 spiro atoms. The van der Waals surface area contributed by atoms with Crippen molar-refractivity contribution in [2.24, 2.45) is 5.16 Å². The number of fused-ring (bicyclic) bond motifs is 1. The Balaban J connectivity index is 1.57. The third-order valence-electron chi connectivity index (χ3n) is 4.01. The van der Waals surface area contributed by atoms with Crippen LogP contribution in [-0.2, 0) is 9.63 Å². The van der Waals surface area contributed by atoms with E-state index in [1.807, 2.05) is 24.3 Å². The van der Waals surface area contributed by atoms with Gasteiger partial charge in [-0.3, -0.25) is 4.79 Å². The van der Waals surface area contributed by atoms with Crippen LogP contribution < -0.4 is 5.73 Å². The molecule has 9 heteroatoms. The standard InChI is InChI=1S/C17H16N4O2S3/c18-16-19-12(9-24-16)14(21-23-10-5-1-2-6-10)15(22)26-17-20-11-7-3-4-8-13(11)25-17/h3-4,7-10H,1-2,5-6H2,(H2,18,19). The highest BCUT2D eigenvalue weighted by Gasteiger charge is 2.23.